The quantitative estimate of drug-likeness (QED) is 0.913. The van der Waals surface area contributed by atoms with E-state index in [0.717, 1.165) is 6.54 Å². The number of carbonyl (C=O) groups excluding carboxylic acids is 1. The molecule has 0 radical (unpaired) electrons. The number of fused-ring (bicyclic) bond motifs is 3. The number of piperidine rings is 3. The van der Waals surface area contributed by atoms with Gasteiger partial charge in [0, 0.05) is 18.7 Å². The van der Waals surface area contributed by atoms with Crippen molar-refractivity contribution >= 4 is 5.91 Å². The molecular formula is C16H22N2O3. The summed E-state index contributed by atoms with van der Waals surface area (Å²) in [6.45, 7) is 3.31. The van der Waals surface area contributed by atoms with Crippen LogP contribution >= 0.6 is 0 Å². The first-order valence-electron chi connectivity index (χ1n) is 7.46. The van der Waals surface area contributed by atoms with E-state index in [1.54, 1.807) is 32.4 Å². The molecule has 1 unspecified atom stereocenters. The maximum Gasteiger partial charge on any atom is 0.255 e. The number of rotatable bonds is 4. The molecule has 0 saturated carbocycles. The number of hydrogen-bond donors (Lipinski definition) is 1. The highest BCUT2D eigenvalue weighted by Gasteiger charge is 2.35. The molecule has 0 aromatic heterocycles. The van der Waals surface area contributed by atoms with Crippen LogP contribution in [0.1, 0.15) is 23.2 Å². The van der Waals surface area contributed by atoms with Gasteiger partial charge in [-0.3, -0.25) is 4.79 Å². The lowest BCUT2D eigenvalue weighted by Gasteiger charge is -2.44. The number of methoxy groups -OCH3 is 2. The lowest BCUT2D eigenvalue weighted by atomic mass is 9.84. The van der Waals surface area contributed by atoms with Crippen molar-refractivity contribution in [3.63, 3.8) is 0 Å². The molecule has 5 heteroatoms. The van der Waals surface area contributed by atoms with Crippen LogP contribution in [0.5, 0.6) is 11.5 Å². The fourth-order valence-electron chi connectivity index (χ4n) is 3.36. The Morgan fingerprint density at radius 2 is 2.00 bits per heavy atom. The average Bonchev–Trinajstić information content (AvgIpc) is 2.55. The van der Waals surface area contributed by atoms with Gasteiger partial charge in [0.2, 0.25) is 0 Å². The Kier molecular flexibility index (Phi) is 4.01. The van der Waals surface area contributed by atoms with Crippen molar-refractivity contribution < 1.29 is 14.3 Å². The second-order valence-corrected chi connectivity index (χ2v) is 5.78. The summed E-state index contributed by atoms with van der Waals surface area (Å²) in [5.74, 6) is 1.79. The van der Waals surface area contributed by atoms with Gasteiger partial charge in [0.15, 0.2) is 0 Å². The zero-order chi connectivity index (χ0) is 14.8. The Balaban J connectivity index is 1.73. The molecule has 3 heterocycles. The fraction of sp³-hybridized carbons (Fsp3) is 0.562. The number of carbonyl (C=O) groups is 1. The van der Waals surface area contributed by atoms with Crippen molar-refractivity contribution in [1.82, 2.24) is 10.2 Å². The Labute approximate surface area is 125 Å². The average molecular weight is 290 g/mol. The number of hydrogen-bond acceptors (Lipinski definition) is 4. The van der Waals surface area contributed by atoms with Crippen molar-refractivity contribution in [1.29, 1.82) is 0 Å². The highest BCUT2D eigenvalue weighted by atomic mass is 16.5. The molecular weight excluding hydrogens is 268 g/mol. The van der Waals surface area contributed by atoms with Gasteiger partial charge >= 0.3 is 0 Å². The lowest BCUT2D eigenvalue weighted by molar-refractivity contribution is 0.0619. The third kappa shape index (κ3) is 2.83. The largest absolute Gasteiger partial charge is 0.497 e. The van der Waals surface area contributed by atoms with E-state index in [2.05, 4.69) is 10.2 Å². The van der Waals surface area contributed by atoms with Gasteiger partial charge in [-0.25, -0.2) is 0 Å². The topological polar surface area (TPSA) is 50.8 Å². The Hall–Kier alpha value is -1.75. The first-order chi connectivity index (χ1) is 10.2. The normalized spacial score (nSPS) is 27.2. The Bertz CT molecular complexity index is 524. The Morgan fingerprint density at radius 1 is 1.24 bits per heavy atom. The molecule has 1 N–H and O–H groups in total. The molecule has 1 amide bonds. The molecule has 0 spiro atoms. The summed E-state index contributed by atoms with van der Waals surface area (Å²) < 4.78 is 10.5. The molecule has 2 bridgehead atoms. The van der Waals surface area contributed by atoms with E-state index < -0.39 is 0 Å². The van der Waals surface area contributed by atoms with Crippen LogP contribution in [-0.2, 0) is 0 Å². The van der Waals surface area contributed by atoms with Crippen LogP contribution in [0.4, 0.5) is 0 Å². The predicted molar refractivity (Wildman–Crippen MR) is 80.0 cm³/mol. The van der Waals surface area contributed by atoms with Crippen molar-refractivity contribution in [3.8, 4) is 11.5 Å². The van der Waals surface area contributed by atoms with Crippen LogP contribution in [0.2, 0.25) is 0 Å². The molecule has 1 aromatic rings. The number of ether oxygens (including phenoxy) is 2. The molecule has 1 atom stereocenters. The summed E-state index contributed by atoms with van der Waals surface area (Å²) in [7, 11) is 3.17. The first kappa shape index (κ1) is 14.2. The summed E-state index contributed by atoms with van der Waals surface area (Å²) in [5.41, 5.74) is 0.565. The van der Waals surface area contributed by atoms with Crippen LogP contribution in [0, 0.1) is 5.92 Å². The zero-order valence-electron chi connectivity index (χ0n) is 12.6. The highest BCUT2D eigenvalue weighted by Crippen LogP contribution is 2.29. The van der Waals surface area contributed by atoms with Crippen LogP contribution in [0.15, 0.2) is 18.2 Å². The first-order valence-corrected chi connectivity index (χ1v) is 7.46. The van der Waals surface area contributed by atoms with E-state index in [9.17, 15) is 4.79 Å². The molecule has 0 aliphatic carbocycles. The molecule has 3 aliphatic rings. The molecule has 114 valence electrons. The molecule has 4 rings (SSSR count). The van der Waals surface area contributed by atoms with Gasteiger partial charge in [0.25, 0.3) is 5.91 Å². The molecule has 5 nitrogen and oxygen atoms in total. The lowest BCUT2D eigenvalue weighted by Crippen LogP contribution is -2.57. The number of benzene rings is 1. The summed E-state index contributed by atoms with van der Waals surface area (Å²) in [6, 6.07) is 5.54. The summed E-state index contributed by atoms with van der Waals surface area (Å²) in [4.78, 5) is 14.9. The summed E-state index contributed by atoms with van der Waals surface area (Å²) in [5, 5.41) is 3.18. The van der Waals surface area contributed by atoms with E-state index in [1.165, 1.54) is 25.9 Å². The minimum atomic E-state index is -0.0618. The highest BCUT2D eigenvalue weighted by molar-refractivity contribution is 5.97. The van der Waals surface area contributed by atoms with Gasteiger partial charge in [0.05, 0.1) is 19.8 Å². The maximum absolute atomic E-state index is 12.5. The van der Waals surface area contributed by atoms with Crippen molar-refractivity contribution in [2.75, 3.05) is 33.9 Å². The van der Waals surface area contributed by atoms with Gasteiger partial charge in [-0.15, -0.1) is 0 Å². The third-order valence-electron chi connectivity index (χ3n) is 4.63. The van der Waals surface area contributed by atoms with Gasteiger partial charge in [-0.05, 0) is 44.0 Å². The Morgan fingerprint density at radius 3 is 2.57 bits per heavy atom. The van der Waals surface area contributed by atoms with Crippen molar-refractivity contribution in [2.45, 2.75) is 18.9 Å². The monoisotopic (exact) mass is 290 g/mol. The van der Waals surface area contributed by atoms with E-state index in [0.29, 0.717) is 23.0 Å². The van der Waals surface area contributed by atoms with Crippen LogP contribution < -0.4 is 14.8 Å². The van der Waals surface area contributed by atoms with E-state index >= 15 is 0 Å². The van der Waals surface area contributed by atoms with Crippen molar-refractivity contribution in [3.05, 3.63) is 23.8 Å². The number of nitrogens with one attached hydrogen (secondary N) is 1. The van der Waals surface area contributed by atoms with Gasteiger partial charge < -0.3 is 19.7 Å². The minimum absolute atomic E-state index is 0.0618. The van der Waals surface area contributed by atoms with E-state index in [1.807, 2.05) is 0 Å². The number of nitrogens with zero attached hydrogens (tertiary/aromatic N) is 1. The number of amides is 1. The van der Waals surface area contributed by atoms with Gasteiger partial charge in [0.1, 0.15) is 11.5 Å². The van der Waals surface area contributed by atoms with Crippen LogP contribution in [0.3, 0.4) is 0 Å². The van der Waals surface area contributed by atoms with Crippen LogP contribution in [-0.4, -0.2) is 50.7 Å². The SMILES string of the molecule is COc1ccc(C(=O)NC2CN3CCC2CC3)c(OC)c1. The fourth-order valence-corrected chi connectivity index (χ4v) is 3.36. The second-order valence-electron chi connectivity index (χ2n) is 5.78. The van der Waals surface area contributed by atoms with Crippen LogP contribution in [0.25, 0.3) is 0 Å². The summed E-state index contributed by atoms with van der Waals surface area (Å²) >= 11 is 0. The molecule has 3 saturated heterocycles. The second kappa shape index (κ2) is 5.93. The zero-order valence-corrected chi connectivity index (χ0v) is 12.6. The van der Waals surface area contributed by atoms with Gasteiger partial charge in [-0.1, -0.05) is 0 Å². The minimum Gasteiger partial charge on any atom is -0.497 e. The smallest absolute Gasteiger partial charge is 0.255 e. The standard InChI is InChI=1S/C16H22N2O3/c1-20-12-3-4-13(15(9-12)21-2)16(19)17-14-10-18-7-5-11(14)6-8-18/h3-4,9,11,14H,5-8,10H2,1-2H3,(H,17,19). The van der Waals surface area contributed by atoms with E-state index in [-0.39, 0.29) is 11.9 Å². The van der Waals surface area contributed by atoms with Crippen molar-refractivity contribution in [2.24, 2.45) is 5.92 Å². The molecule has 3 aliphatic heterocycles. The third-order valence-corrected chi connectivity index (χ3v) is 4.63. The van der Waals surface area contributed by atoms with Gasteiger partial charge in [-0.2, -0.15) is 0 Å². The van der Waals surface area contributed by atoms with E-state index in [4.69, 9.17) is 9.47 Å². The maximum atomic E-state index is 12.5. The predicted octanol–water partition coefficient (Wildman–Crippen LogP) is 1.53. The molecule has 1 aromatic carbocycles. The summed E-state index contributed by atoms with van der Waals surface area (Å²) in [6.07, 6.45) is 2.37. The molecule has 21 heavy (non-hydrogen) atoms. The molecule has 3 fully saturated rings.